The molecule has 140 valence electrons. The zero-order chi connectivity index (χ0) is 18.9. The quantitative estimate of drug-likeness (QED) is 0.743. The Morgan fingerprint density at radius 3 is 2.35 bits per heavy atom. The van der Waals surface area contributed by atoms with Crippen LogP contribution in [0.3, 0.4) is 0 Å². The fourth-order valence-electron chi connectivity index (χ4n) is 2.42. The summed E-state index contributed by atoms with van der Waals surface area (Å²) < 4.78 is 16.8. The van der Waals surface area contributed by atoms with E-state index in [0.29, 0.717) is 24.5 Å². The van der Waals surface area contributed by atoms with Crippen LogP contribution in [0.4, 0.5) is 0 Å². The van der Waals surface area contributed by atoms with Crippen molar-refractivity contribution in [3.8, 4) is 17.2 Å². The van der Waals surface area contributed by atoms with E-state index in [2.05, 4.69) is 5.32 Å². The maximum Gasteiger partial charge on any atom is 0.261 e. The van der Waals surface area contributed by atoms with E-state index in [-0.39, 0.29) is 11.9 Å². The number of para-hydroxylation sites is 2. The molecule has 2 atom stereocenters. The average Bonchev–Trinajstić information content (AvgIpc) is 2.65. The number of carbonyl (C=O) groups is 1. The maximum absolute atomic E-state index is 12.5. The van der Waals surface area contributed by atoms with Gasteiger partial charge in [-0.1, -0.05) is 36.8 Å². The van der Waals surface area contributed by atoms with Crippen LogP contribution in [0.15, 0.2) is 48.5 Å². The van der Waals surface area contributed by atoms with Crippen LogP contribution in [0.5, 0.6) is 17.2 Å². The second kappa shape index (κ2) is 9.70. The molecular weight excluding hydrogens is 330 g/mol. The smallest absolute Gasteiger partial charge is 0.261 e. The molecule has 0 aliphatic rings. The molecule has 0 radical (unpaired) electrons. The lowest BCUT2D eigenvalue weighted by molar-refractivity contribution is -0.129. The van der Waals surface area contributed by atoms with Gasteiger partial charge in [-0.2, -0.15) is 0 Å². The van der Waals surface area contributed by atoms with Gasteiger partial charge in [0, 0.05) is 0 Å². The van der Waals surface area contributed by atoms with Crippen LogP contribution in [0.25, 0.3) is 0 Å². The molecule has 1 N–H and O–H groups in total. The third-order valence-corrected chi connectivity index (χ3v) is 3.91. The Kier molecular flexibility index (Phi) is 7.33. The number of nitrogens with one attached hydrogen (secondary N) is 1. The molecule has 2 unspecified atom stereocenters. The van der Waals surface area contributed by atoms with Crippen molar-refractivity contribution < 1.29 is 19.0 Å². The van der Waals surface area contributed by atoms with E-state index in [1.165, 1.54) is 5.56 Å². The zero-order valence-corrected chi connectivity index (χ0v) is 15.8. The molecule has 0 aromatic heterocycles. The third kappa shape index (κ3) is 5.69. The maximum atomic E-state index is 12.5. The van der Waals surface area contributed by atoms with Crippen molar-refractivity contribution in [2.24, 2.45) is 0 Å². The summed E-state index contributed by atoms with van der Waals surface area (Å²) in [5.74, 6) is 1.78. The molecule has 26 heavy (non-hydrogen) atoms. The third-order valence-electron chi connectivity index (χ3n) is 3.91. The average molecular weight is 357 g/mol. The van der Waals surface area contributed by atoms with Crippen LogP contribution < -0.4 is 19.5 Å². The van der Waals surface area contributed by atoms with Gasteiger partial charge in [-0.05, 0) is 44.5 Å². The molecule has 0 aliphatic heterocycles. The van der Waals surface area contributed by atoms with Crippen LogP contribution in [0, 0.1) is 6.92 Å². The van der Waals surface area contributed by atoms with Gasteiger partial charge in [0.25, 0.3) is 5.91 Å². The predicted octanol–water partition coefficient (Wildman–Crippen LogP) is 3.74. The molecule has 0 spiro atoms. The van der Waals surface area contributed by atoms with Crippen LogP contribution in [-0.2, 0) is 4.79 Å². The Bertz CT molecular complexity index is 699. The normalized spacial score (nSPS) is 12.8. The molecule has 2 aromatic rings. The number of ether oxygens (including phenoxy) is 3. The van der Waals surface area contributed by atoms with E-state index in [9.17, 15) is 4.79 Å². The molecule has 0 bridgehead atoms. The number of amides is 1. The van der Waals surface area contributed by atoms with E-state index < -0.39 is 6.10 Å². The topological polar surface area (TPSA) is 56.8 Å². The fraction of sp³-hybridized carbons (Fsp3) is 0.381. The van der Waals surface area contributed by atoms with E-state index in [1.807, 2.05) is 57.2 Å². The van der Waals surface area contributed by atoms with Gasteiger partial charge in [-0.3, -0.25) is 4.79 Å². The molecule has 5 heteroatoms. The van der Waals surface area contributed by atoms with Crippen molar-refractivity contribution in [2.45, 2.75) is 39.3 Å². The molecule has 0 saturated heterocycles. The van der Waals surface area contributed by atoms with Gasteiger partial charge in [-0.15, -0.1) is 0 Å². The molecule has 0 saturated carbocycles. The highest BCUT2D eigenvalue weighted by atomic mass is 16.5. The molecular formula is C21H27NO4. The van der Waals surface area contributed by atoms with Gasteiger partial charge in [0.1, 0.15) is 12.4 Å². The SMILES string of the molecule is CCC(Oc1ccccc1OC)C(=O)NC(C)COc1ccc(C)cc1. The largest absolute Gasteiger partial charge is 0.493 e. The second-order valence-corrected chi connectivity index (χ2v) is 6.20. The molecule has 0 heterocycles. The first-order chi connectivity index (χ1) is 12.5. The number of rotatable bonds is 9. The number of benzene rings is 2. The first kappa shape index (κ1) is 19.6. The van der Waals surface area contributed by atoms with E-state index in [4.69, 9.17) is 14.2 Å². The monoisotopic (exact) mass is 357 g/mol. The van der Waals surface area contributed by atoms with Crippen molar-refractivity contribution in [2.75, 3.05) is 13.7 Å². The van der Waals surface area contributed by atoms with Gasteiger partial charge in [0.15, 0.2) is 17.6 Å². The summed E-state index contributed by atoms with van der Waals surface area (Å²) in [6.07, 6.45) is -0.0387. The van der Waals surface area contributed by atoms with Gasteiger partial charge < -0.3 is 19.5 Å². The minimum Gasteiger partial charge on any atom is -0.493 e. The number of carbonyl (C=O) groups excluding carboxylic acids is 1. The molecule has 2 aromatic carbocycles. The number of methoxy groups -OCH3 is 1. The van der Waals surface area contributed by atoms with Gasteiger partial charge in [-0.25, -0.2) is 0 Å². The Labute approximate surface area is 155 Å². The predicted molar refractivity (Wildman–Crippen MR) is 102 cm³/mol. The summed E-state index contributed by atoms with van der Waals surface area (Å²) in [7, 11) is 1.58. The molecule has 2 rings (SSSR count). The Balaban J connectivity index is 1.88. The molecule has 5 nitrogen and oxygen atoms in total. The summed E-state index contributed by atoms with van der Waals surface area (Å²) in [6.45, 7) is 6.23. The zero-order valence-electron chi connectivity index (χ0n) is 15.8. The molecule has 1 amide bonds. The number of hydrogen-bond donors (Lipinski definition) is 1. The van der Waals surface area contributed by atoms with Gasteiger partial charge in [0.2, 0.25) is 0 Å². The second-order valence-electron chi connectivity index (χ2n) is 6.20. The lowest BCUT2D eigenvalue weighted by Crippen LogP contribution is -2.44. The Morgan fingerprint density at radius 2 is 1.73 bits per heavy atom. The van der Waals surface area contributed by atoms with E-state index in [0.717, 1.165) is 5.75 Å². The highest BCUT2D eigenvalue weighted by Crippen LogP contribution is 2.27. The van der Waals surface area contributed by atoms with E-state index in [1.54, 1.807) is 19.2 Å². The molecule has 0 aliphatic carbocycles. The first-order valence-corrected chi connectivity index (χ1v) is 8.83. The van der Waals surface area contributed by atoms with Gasteiger partial charge >= 0.3 is 0 Å². The van der Waals surface area contributed by atoms with Crippen molar-refractivity contribution >= 4 is 5.91 Å². The van der Waals surface area contributed by atoms with Crippen LogP contribution >= 0.6 is 0 Å². The van der Waals surface area contributed by atoms with Crippen molar-refractivity contribution in [3.05, 3.63) is 54.1 Å². The lowest BCUT2D eigenvalue weighted by Gasteiger charge is -2.21. The van der Waals surface area contributed by atoms with Gasteiger partial charge in [0.05, 0.1) is 13.2 Å². The number of hydrogen-bond acceptors (Lipinski definition) is 4. The minimum atomic E-state index is -0.590. The van der Waals surface area contributed by atoms with E-state index >= 15 is 0 Å². The van der Waals surface area contributed by atoms with Crippen molar-refractivity contribution in [1.82, 2.24) is 5.32 Å². The van der Waals surface area contributed by atoms with Crippen molar-refractivity contribution in [3.63, 3.8) is 0 Å². The lowest BCUT2D eigenvalue weighted by atomic mass is 10.2. The summed E-state index contributed by atoms with van der Waals surface area (Å²) in [5, 5.41) is 2.94. The highest BCUT2D eigenvalue weighted by Gasteiger charge is 2.21. The van der Waals surface area contributed by atoms with Crippen LogP contribution in [0.2, 0.25) is 0 Å². The van der Waals surface area contributed by atoms with Crippen molar-refractivity contribution in [1.29, 1.82) is 0 Å². The summed E-state index contributed by atoms with van der Waals surface area (Å²) >= 11 is 0. The summed E-state index contributed by atoms with van der Waals surface area (Å²) in [5.41, 5.74) is 1.18. The highest BCUT2D eigenvalue weighted by molar-refractivity contribution is 5.81. The molecule has 0 fully saturated rings. The van der Waals surface area contributed by atoms with Crippen LogP contribution in [0.1, 0.15) is 25.8 Å². The Morgan fingerprint density at radius 1 is 1.08 bits per heavy atom. The standard InChI is InChI=1S/C21H27NO4/c1-5-18(26-20-9-7-6-8-19(20)24-4)21(23)22-16(3)14-25-17-12-10-15(2)11-13-17/h6-13,16,18H,5,14H2,1-4H3,(H,22,23). The minimum absolute atomic E-state index is 0.140. The Hall–Kier alpha value is -2.69. The first-order valence-electron chi connectivity index (χ1n) is 8.83. The summed E-state index contributed by atoms with van der Waals surface area (Å²) in [6, 6.07) is 15.0. The number of aryl methyl sites for hydroxylation is 1. The van der Waals surface area contributed by atoms with Crippen LogP contribution in [-0.4, -0.2) is 31.8 Å². The fourth-order valence-corrected chi connectivity index (χ4v) is 2.42. The summed E-state index contributed by atoms with van der Waals surface area (Å²) in [4.78, 5) is 12.5.